The fourth-order valence-electron chi connectivity index (χ4n) is 5.86. The fraction of sp³-hybridized carbons (Fsp3) is 0.400. The van der Waals surface area contributed by atoms with Crippen molar-refractivity contribution in [1.82, 2.24) is 5.32 Å². The minimum Gasteiger partial charge on any atom is -0.489 e. The van der Waals surface area contributed by atoms with Gasteiger partial charge in [0.1, 0.15) is 12.4 Å². The first-order valence-electron chi connectivity index (χ1n) is 12.4. The molecule has 1 aliphatic heterocycles. The van der Waals surface area contributed by atoms with Gasteiger partial charge < -0.3 is 10.1 Å². The van der Waals surface area contributed by atoms with Gasteiger partial charge in [-0.05, 0) is 59.6 Å². The third kappa shape index (κ3) is 4.86. The average molecular weight is 524 g/mol. The third-order valence-electron chi connectivity index (χ3n) is 7.29. The van der Waals surface area contributed by atoms with Crippen molar-refractivity contribution in [3.8, 4) is 5.75 Å². The molecule has 5 rings (SSSR count). The first-order chi connectivity index (χ1) is 16.9. The van der Waals surface area contributed by atoms with Crippen LogP contribution in [0.25, 0.3) is 0 Å². The summed E-state index contributed by atoms with van der Waals surface area (Å²) in [6.07, 6.45) is 2.36. The van der Waals surface area contributed by atoms with E-state index >= 15 is 0 Å². The standard InChI is InChI=1S/C30H31Cl2NO3/c1-29(2)12-21-27(23(34)14-29)26(28-22(33-21)13-30(3,4)15-24(28)35)20-11-19(32)8-9-25(20)36-16-17-6-5-7-18(31)10-17/h5-11,26,33H,12-16H2,1-4H3. The van der Waals surface area contributed by atoms with Crippen LogP contribution in [0, 0.1) is 10.8 Å². The maximum absolute atomic E-state index is 13.6. The molecule has 4 nitrogen and oxygen atoms in total. The van der Waals surface area contributed by atoms with Crippen LogP contribution in [0.4, 0.5) is 0 Å². The lowest BCUT2D eigenvalue weighted by atomic mass is 9.64. The van der Waals surface area contributed by atoms with Gasteiger partial charge in [-0.25, -0.2) is 0 Å². The van der Waals surface area contributed by atoms with Crippen molar-refractivity contribution in [2.45, 2.75) is 65.9 Å². The molecule has 0 saturated carbocycles. The first kappa shape index (κ1) is 25.1. The molecule has 1 N–H and O–H groups in total. The molecule has 36 heavy (non-hydrogen) atoms. The number of dihydropyridines is 1. The molecule has 0 radical (unpaired) electrons. The summed E-state index contributed by atoms with van der Waals surface area (Å²) in [7, 11) is 0. The fourth-order valence-corrected chi connectivity index (χ4v) is 6.26. The van der Waals surface area contributed by atoms with Crippen molar-refractivity contribution < 1.29 is 14.3 Å². The summed E-state index contributed by atoms with van der Waals surface area (Å²) in [5.74, 6) is 0.254. The number of allylic oxidation sites excluding steroid dienone is 4. The average Bonchev–Trinajstić information content (AvgIpc) is 2.75. The highest BCUT2D eigenvalue weighted by atomic mass is 35.5. The van der Waals surface area contributed by atoms with Crippen molar-refractivity contribution in [3.05, 3.63) is 86.2 Å². The molecule has 0 atom stereocenters. The quantitative estimate of drug-likeness (QED) is 0.449. The zero-order valence-electron chi connectivity index (χ0n) is 21.1. The molecule has 0 bridgehead atoms. The van der Waals surface area contributed by atoms with Crippen LogP contribution in [0.15, 0.2) is 65.0 Å². The topological polar surface area (TPSA) is 55.4 Å². The minimum absolute atomic E-state index is 0.0729. The number of Topliss-reactive ketones (excluding diaryl/α,β-unsaturated/α-hetero) is 2. The van der Waals surface area contributed by atoms with Gasteiger partial charge in [-0.3, -0.25) is 9.59 Å². The Kier molecular flexibility index (Phi) is 6.33. The van der Waals surface area contributed by atoms with Crippen molar-refractivity contribution in [2.75, 3.05) is 0 Å². The first-order valence-corrected chi connectivity index (χ1v) is 13.1. The Morgan fingerprint density at radius 2 is 1.42 bits per heavy atom. The third-order valence-corrected chi connectivity index (χ3v) is 7.76. The number of nitrogens with one attached hydrogen (secondary N) is 1. The Bertz CT molecular complexity index is 1280. The monoisotopic (exact) mass is 523 g/mol. The molecule has 6 heteroatoms. The van der Waals surface area contributed by atoms with Gasteiger partial charge in [0.25, 0.3) is 0 Å². The normalized spacial score (nSPS) is 21.2. The van der Waals surface area contributed by atoms with E-state index in [0.29, 0.717) is 46.4 Å². The highest BCUT2D eigenvalue weighted by Crippen LogP contribution is 2.52. The lowest BCUT2D eigenvalue weighted by molar-refractivity contribution is -0.119. The number of carbonyl (C=O) groups is 2. The Morgan fingerprint density at radius 1 is 0.833 bits per heavy atom. The Hall–Kier alpha value is -2.56. The minimum atomic E-state index is -0.503. The summed E-state index contributed by atoms with van der Waals surface area (Å²) in [4.78, 5) is 27.3. The molecule has 0 spiro atoms. The Morgan fingerprint density at radius 3 is 2.00 bits per heavy atom. The van der Waals surface area contributed by atoms with Gasteiger partial charge in [0.2, 0.25) is 0 Å². The molecule has 3 aliphatic rings. The van der Waals surface area contributed by atoms with Crippen molar-refractivity contribution in [2.24, 2.45) is 10.8 Å². The van der Waals surface area contributed by atoms with E-state index in [0.717, 1.165) is 35.4 Å². The SMILES string of the molecule is CC1(C)CC(=O)C2=C(C1)NC1=C(C(=O)CC(C)(C)C1)C2c1cc(Cl)ccc1OCc1cccc(Cl)c1. The van der Waals surface area contributed by atoms with Crippen LogP contribution in [0.3, 0.4) is 0 Å². The predicted molar refractivity (Wildman–Crippen MR) is 143 cm³/mol. The van der Waals surface area contributed by atoms with Gasteiger partial charge in [0.05, 0.1) is 0 Å². The van der Waals surface area contributed by atoms with Gasteiger partial charge in [0.15, 0.2) is 11.6 Å². The molecule has 2 aromatic rings. The van der Waals surface area contributed by atoms with Gasteiger partial charge in [-0.1, -0.05) is 63.0 Å². The second kappa shape index (κ2) is 9.08. The van der Waals surface area contributed by atoms with Crippen molar-refractivity contribution >= 4 is 34.8 Å². The highest BCUT2D eigenvalue weighted by Gasteiger charge is 2.47. The van der Waals surface area contributed by atoms with Gasteiger partial charge in [0, 0.05) is 56.9 Å². The number of halogens is 2. The summed E-state index contributed by atoms with van der Waals surface area (Å²) < 4.78 is 6.29. The van der Waals surface area contributed by atoms with E-state index < -0.39 is 5.92 Å². The van der Waals surface area contributed by atoms with E-state index in [2.05, 4.69) is 33.0 Å². The molecule has 1 heterocycles. The number of carbonyl (C=O) groups excluding carboxylic acids is 2. The predicted octanol–water partition coefficient (Wildman–Crippen LogP) is 7.55. The molecule has 0 aromatic heterocycles. The van der Waals surface area contributed by atoms with E-state index in [9.17, 15) is 9.59 Å². The molecular formula is C30H31Cl2NO3. The van der Waals surface area contributed by atoms with Gasteiger partial charge in [-0.2, -0.15) is 0 Å². The molecule has 0 unspecified atom stereocenters. The van der Waals surface area contributed by atoms with Crippen molar-refractivity contribution in [1.29, 1.82) is 0 Å². The molecule has 2 aromatic carbocycles. The lowest BCUT2D eigenvalue weighted by Gasteiger charge is -2.44. The number of ketones is 2. The summed E-state index contributed by atoms with van der Waals surface area (Å²) in [6.45, 7) is 8.77. The zero-order valence-corrected chi connectivity index (χ0v) is 22.6. The number of hydrogen-bond donors (Lipinski definition) is 1. The van der Waals surface area contributed by atoms with Gasteiger partial charge in [-0.15, -0.1) is 0 Å². The van der Waals surface area contributed by atoms with Gasteiger partial charge >= 0.3 is 0 Å². The second-order valence-electron chi connectivity index (χ2n) is 11.8. The van der Waals surface area contributed by atoms with Crippen LogP contribution in [-0.2, 0) is 16.2 Å². The van der Waals surface area contributed by atoms with E-state index in [1.165, 1.54) is 0 Å². The Balaban J connectivity index is 1.64. The molecule has 0 amide bonds. The molecule has 0 saturated heterocycles. The second-order valence-corrected chi connectivity index (χ2v) is 12.7. The Labute approximate surface area is 222 Å². The van der Waals surface area contributed by atoms with Crippen molar-refractivity contribution in [3.63, 3.8) is 0 Å². The summed E-state index contributed by atoms with van der Waals surface area (Å²) >= 11 is 12.7. The number of hydrogen-bond acceptors (Lipinski definition) is 4. The summed E-state index contributed by atoms with van der Waals surface area (Å²) in [5.41, 5.74) is 4.58. The summed E-state index contributed by atoms with van der Waals surface area (Å²) in [6, 6.07) is 13.0. The van der Waals surface area contributed by atoms with Crippen LogP contribution < -0.4 is 10.1 Å². The number of rotatable bonds is 4. The molecular weight excluding hydrogens is 493 g/mol. The van der Waals surface area contributed by atoms with Crippen LogP contribution in [-0.4, -0.2) is 11.6 Å². The largest absolute Gasteiger partial charge is 0.489 e. The van der Waals surface area contributed by atoms with E-state index in [1.807, 2.05) is 36.4 Å². The van der Waals surface area contributed by atoms with Crippen LogP contribution in [0.5, 0.6) is 5.75 Å². The van der Waals surface area contributed by atoms with E-state index in [-0.39, 0.29) is 22.4 Å². The molecule has 2 aliphatic carbocycles. The maximum Gasteiger partial charge on any atom is 0.162 e. The van der Waals surface area contributed by atoms with E-state index in [1.54, 1.807) is 6.07 Å². The van der Waals surface area contributed by atoms with E-state index in [4.69, 9.17) is 27.9 Å². The van der Waals surface area contributed by atoms with Crippen LogP contribution in [0.1, 0.15) is 70.4 Å². The molecule has 188 valence electrons. The lowest BCUT2D eigenvalue weighted by Crippen LogP contribution is -2.42. The smallest absolute Gasteiger partial charge is 0.162 e. The zero-order chi connectivity index (χ0) is 25.8. The molecule has 0 fully saturated rings. The van der Waals surface area contributed by atoms with Crippen LogP contribution in [0.2, 0.25) is 10.0 Å². The number of ether oxygens (including phenoxy) is 1. The number of benzene rings is 2. The highest BCUT2D eigenvalue weighted by molar-refractivity contribution is 6.31. The maximum atomic E-state index is 13.6. The van der Waals surface area contributed by atoms with Crippen LogP contribution >= 0.6 is 23.2 Å². The summed E-state index contributed by atoms with van der Waals surface area (Å²) in [5, 5.41) is 4.73.